The minimum absolute atomic E-state index is 0.0710. The zero-order chi connectivity index (χ0) is 17.1. The van der Waals surface area contributed by atoms with Crippen molar-refractivity contribution in [1.82, 2.24) is 15.6 Å². The van der Waals surface area contributed by atoms with E-state index in [1.165, 1.54) is 23.5 Å². The molecule has 0 saturated carbocycles. The number of halogens is 1. The Balaban J connectivity index is 1.71. The largest absolute Gasteiger partial charge is 0.378 e. The lowest BCUT2D eigenvalue weighted by molar-refractivity contribution is -0.126. The van der Waals surface area contributed by atoms with Crippen LogP contribution < -0.4 is 10.6 Å². The van der Waals surface area contributed by atoms with Gasteiger partial charge in [-0.1, -0.05) is 0 Å². The molecule has 1 fully saturated rings. The first-order valence-electron chi connectivity index (χ1n) is 7.89. The number of morpholine rings is 1. The van der Waals surface area contributed by atoms with Gasteiger partial charge in [-0.2, -0.15) is 0 Å². The fourth-order valence-corrected chi connectivity index (χ4v) is 3.71. The van der Waals surface area contributed by atoms with Gasteiger partial charge in [0.2, 0.25) is 5.91 Å². The third-order valence-electron chi connectivity index (χ3n) is 3.91. The smallest absolute Gasteiger partial charge is 0.240 e. The topological polar surface area (TPSA) is 63.2 Å². The molecule has 0 bridgehead atoms. The van der Waals surface area contributed by atoms with Gasteiger partial charge in [-0.25, -0.2) is 9.37 Å². The molecule has 2 aromatic rings. The summed E-state index contributed by atoms with van der Waals surface area (Å²) in [6, 6.07) is 5.81. The average molecular weight is 349 g/mol. The molecule has 0 radical (unpaired) electrons. The molecule has 0 aliphatic carbocycles. The Morgan fingerprint density at radius 3 is 2.88 bits per heavy atom. The summed E-state index contributed by atoms with van der Waals surface area (Å²) in [5, 5.41) is 6.97. The van der Waals surface area contributed by atoms with Gasteiger partial charge in [-0.05, 0) is 38.1 Å². The first-order valence-corrected chi connectivity index (χ1v) is 8.71. The first-order chi connectivity index (χ1) is 11.5. The summed E-state index contributed by atoms with van der Waals surface area (Å²) >= 11 is 1.52. The number of thiazole rings is 1. The second-order valence-corrected chi connectivity index (χ2v) is 6.82. The normalized spacial score (nSPS) is 19.0. The van der Waals surface area contributed by atoms with Crippen molar-refractivity contribution in [3.8, 4) is 10.6 Å². The summed E-state index contributed by atoms with van der Waals surface area (Å²) in [6.45, 7) is 5.57. The van der Waals surface area contributed by atoms with Gasteiger partial charge in [0.15, 0.2) is 0 Å². The van der Waals surface area contributed by atoms with Crippen LogP contribution in [0.4, 0.5) is 4.39 Å². The van der Waals surface area contributed by atoms with E-state index in [1.54, 1.807) is 12.1 Å². The second kappa shape index (κ2) is 7.38. The highest BCUT2D eigenvalue weighted by atomic mass is 32.1. The van der Waals surface area contributed by atoms with Gasteiger partial charge in [0.1, 0.15) is 16.9 Å². The Morgan fingerprint density at radius 1 is 1.46 bits per heavy atom. The van der Waals surface area contributed by atoms with Crippen LogP contribution in [0.3, 0.4) is 0 Å². The molecule has 1 amide bonds. The van der Waals surface area contributed by atoms with Crippen LogP contribution in [0, 0.1) is 12.7 Å². The maximum Gasteiger partial charge on any atom is 0.240 e. The van der Waals surface area contributed by atoms with E-state index < -0.39 is 0 Å². The molecule has 1 aliphatic heterocycles. The highest BCUT2D eigenvalue weighted by Gasteiger charge is 2.24. The number of rotatable bonds is 4. The number of aryl methyl sites for hydroxylation is 1. The molecular weight excluding hydrogens is 329 g/mol. The number of aromatic nitrogens is 1. The maximum atomic E-state index is 13.1. The number of carbonyl (C=O) groups excluding carboxylic acids is 1. The molecule has 0 spiro atoms. The molecule has 3 rings (SSSR count). The predicted octanol–water partition coefficient (Wildman–Crippen LogP) is 2.42. The van der Waals surface area contributed by atoms with Crippen LogP contribution in [0.25, 0.3) is 10.6 Å². The lowest BCUT2D eigenvalue weighted by Gasteiger charge is -2.24. The van der Waals surface area contributed by atoms with Crippen molar-refractivity contribution in [2.75, 3.05) is 19.8 Å². The summed E-state index contributed by atoms with van der Waals surface area (Å²) in [4.78, 5) is 17.9. The van der Waals surface area contributed by atoms with E-state index in [4.69, 9.17) is 4.74 Å². The van der Waals surface area contributed by atoms with Crippen molar-refractivity contribution >= 4 is 17.2 Å². The van der Waals surface area contributed by atoms with E-state index in [-0.39, 0.29) is 23.8 Å². The van der Waals surface area contributed by atoms with Crippen molar-refractivity contribution in [1.29, 1.82) is 0 Å². The number of nitrogens with zero attached hydrogens (tertiary/aromatic N) is 1. The maximum absolute atomic E-state index is 13.1. The number of benzene rings is 1. The van der Waals surface area contributed by atoms with Crippen molar-refractivity contribution in [2.24, 2.45) is 0 Å². The zero-order valence-corrected chi connectivity index (χ0v) is 14.5. The van der Waals surface area contributed by atoms with Gasteiger partial charge >= 0.3 is 0 Å². The number of hydrogen-bond acceptors (Lipinski definition) is 5. The van der Waals surface area contributed by atoms with E-state index in [0.29, 0.717) is 19.8 Å². The summed E-state index contributed by atoms with van der Waals surface area (Å²) in [5.74, 6) is -0.339. The fraction of sp³-hybridized carbons (Fsp3) is 0.412. The van der Waals surface area contributed by atoms with Crippen LogP contribution in [-0.2, 0) is 9.53 Å². The number of ether oxygens (including phenoxy) is 1. The number of nitrogens with one attached hydrogen (secondary N) is 2. The van der Waals surface area contributed by atoms with Crippen LogP contribution in [0.2, 0.25) is 0 Å². The molecule has 2 atom stereocenters. The SMILES string of the molecule is Cc1nc(-c2ccc(F)cc2)sc1C(C)NC(=O)C1COCCN1. The second-order valence-electron chi connectivity index (χ2n) is 5.79. The first kappa shape index (κ1) is 17.0. The third kappa shape index (κ3) is 3.80. The van der Waals surface area contributed by atoms with Gasteiger partial charge in [-0.15, -0.1) is 11.3 Å². The number of amides is 1. The van der Waals surface area contributed by atoms with E-state index in [1.807, 2.05) is 13.8 Å². The zero-order valence-electron chi connectivity index (χ0n) is 13.6. The molecule has 2 heterocycles. The van der Waals surface area contributed by atoms with Crippen molar-refractivity contribution in [2.45, 2.75) is 25.9 Å². The third-order valence-corrected chi connectivity index (χ3v) is 5.30. The standard InChI is InChI=1S/C17H20FN3O2S/c1-10(20-16(22)14-9-23-8-7-19-14)15-11(2)21-17(24-15)12-3-5-13(18)6-4-12/h3-6,10,14,19H,7-9H2,1-2H3,(H,20,22). The van der Waals surface area contributed by atoms with E-state index >= 15 is 0 Å². The minimum Gasteiger partial charge on any atom is -0.378 e. The van der Waals surface area contributed by atoms with Crippen LogP contribution in [0.15, 0.2) is 24.3 Å². The quantitative estimate of drug-likeness (QED) is 0.890. The van der Waals surface area contributed by atoms with Crippen molar-refractivity contribution in [3.05, 3.63) is 40.7 Å². The van der Waals surface area contributed by atoms with Crippen molar-refractivity contribution in [3.63, 3.8) is 0 Å². The van der Waals surface area contributed by atoms with Gasteiger partial charge < -0.3 is 15.4 Å². The Kier molecular flexibility index (Phi) is 5.23. The molecule has 1 aliphatic rings. The van der Waals surface area contributed by atoms with E-state index in [0.717, 1.165) is 21.1 Å². The molecule has 24 heavy (non-hydrogen) atoms. The highest BCUT2D eigenvalue weighted by molar-refractivity contribution is 7.15. The molecule has 1 aromatic carbocycles. The molecule has 1 saturated heterocycles. The number of hydrogen-bond donors (Lipinski definition) is 2. The highest BCUT2D eigenvalue weighted by Crippen LogP contribution is 2.31. The van der Waals surface area contributed by atoms with E-state index in [2.05, 4.69) is 15.6 Å². The van der Waals surface area contributed by atoms with Gasteiger partial charge in [-0.3, -0.25) is 4.79 Å². The summed E-state index contributed by atoms with van der Waals surface area (Å²) in [6.07, 6.45) is 0. The summed E-state index contributed by atoms with van der Waals surface area (Å²) in [5.41, 5.74) is 1.75. The van der Waals surface area contributed by atoms with Crippen LogP contribution >= 0.6 is 11.3 Å². The minimum atomic E-state index is -0.314. The predicted molar refractivity (Wildman–Crippen MR) is 91.4 cm³/mol. The fourth-order valence-electron chi connectivity index (χ4n) is 2.64. The Labute approximate surface area is 144 Å². The average Bonchev–Trinajstić information content (AvgIpc) is 2.98. The van der Waals surface area contributed by atoms with Crippen LogP contribution in [0.5, 0.6) is 0 Å². The van der Waals surface area contributed by atoms with Crippen LogP contribution in [-0.4, -0.2) is 36.7 Å². The lowest BCUT2D eigenvalue weighted by Crippen LogP contribution is -2.51. The Morgan fingerprint density at radius 2 is 2.21 bits per heavy atom. The van der Waals surface area contributed by atoms with Gasteiger partial charge in [0.05, 0.1) is 29.8 Å². The Hall–Kier alpha value is -1.83. The summed E-state index contributed by atoms with van der Waals surface area (Å²) < 4.78 is 18.4. The molecule has 5 nitrogen and oxygen atoms in total. The molecule has 7 heteroatoms. The molecule has 1 aromatic heterocycles. The molecule has 128 valence electrons. The lowest BCUT2D eigenvalue weighted by atomic mass is 10.2. The summed E-state index contributed by atoms with van der Waals surface area (Å²) in [7, 11) is 0. The number of carbonyl (C=O) groups is 1. The monoisotopic (exact) mass is 349 g/mol. The van der Waals surface area contributed by atoms with Gasteiger partial charge in [0, 0.05) is 12.1 Å². The molecule has 2 N–H and O–H groups in total. The van der Waals surface area contributed by atoms with E-state index in [9.17, 15) is 9.18 Å². The van der Waals surface area contributed by atoms with Crippen molar-refractivity contribution < 1.29 is 13.9 Å². The van der Waals surface area contributed by atoms with Gasteiger partial charge in [0.25, 0.3) is 0 Å². The molecular formula is C17H20FN3O2S. The van der Waals surface area contributed by atoms with Crippen LogP contribution in [0.1, 0.15) is 23.5 Å². The Bertz CT molecular complexity index is 711. The molecule has 2 unspecified atom stereocenters.